The van der Waals surface area contributed by atoms with Gasteiger partial charge in [-0.15, -0.1) is 0 Å². The van der Waals surface area contributed by atoms with Crippen LogP contribution in [0.15, 0.2) is 66.7 Å². The number of hydrazine groups is 1. The lowest BCUT2D eigenvalue weighted by molar-refractivity contribution is 0.0846. The number of fused-ring (bicyclic) bond motifs is 1. The van der Waals surface area contributed by atoms with Crippen molar-refractivity contribution in [2.45, 2.75) is 13.5 Å². The standard InChI is InChI=1S/C23H20N2O5/c1-15-4-2-5-16(10-15)13-28-19-7-3-6-17(11-19)22(26)24-25-23(27)18-8-9-20-21(12-18)30-14-29-20/h2-12H,13-14H2,1H3,(H,24,26)(H,25,27). The number of nitrogens with one attached hydrogen (secondary N) is 2. The van der Waals surface area contributed by atoms with Crippen LogP contribution in [0.5, 0.6) is 17.2 Å². The summed E-state index contributed by atoms with van der Waals surface area (Å²) in [6.45, 7) is 2.54. The van der Waals surface area contributed by atoms with Crippen LogP contribution in [0.2, 0.25) is 0 Å². The fourth-order valence-electron chi connectivity index (χ4n) is 2.99. The number of benzene rings is 3. The molecule has 0 aromatic heterocycles. The van der Waals surface area contributed by atoms with Crippen molar-refractivity contribution in [1.82, 2.24) is 10.9 Å². The van der Waals surface area contributed by atoms with E-state index >= 15 is 0 Å². The Balaban J connectivity index is 1.34. The van der Waals surface area contributed by atoms with E-state index in [2.05, 4.69) is 10.9 Å². The Kier molecular flexibility index (Phi) is 5.52. The molecule has 7 nitrogen and oxygen atoms in total. The van der Waals surface area contributed by atoms with Gasteiger partial charge in [0.25, 0.3) is 11.8 Å². The number of amides is 2. The second-order valence-electron chi connectivity index (χ2n) is 6.78. The van der Waals surface area contributed by atoms with Crippen LogP contribution in [0.4, 0.5) is 0 Å². The third-order valence-corrected chi connectivity index (χ3v) is 4.51. The lowest BCUT2D eigenvalue weighted by Crippen LogP contribution is -2.41. The molecule has 0 atom stereocenters. The zero-order valence-electron chi connectivity index (χ0n) is 16.3. The first kappa shape index (κ1) is 19.3. The molecule has 0 radical (unpaired) electrons. The van der Waals surface area contributed by atoms with Crippen LogP contribution in [0.3, 0.4) is 0 Å². The Labute approximate surface area is 173 Å². The van der Waals surface area contributed by atoms with Crippen LogP contribution < -0.4 is 25.1 Å². The van der Waals surface area contributed by atoms with Gasteiger partial charge in [-0.3, -0.25) is 20.4 Å². The average Bonchev–Trinajstić information content (AvgIpc) is 3.24. The van der Waals surface area contributed by atoms with Gasteiger partial charge in [-0.1, -0.05) is 35.9 Å². The first-order chi connectivity index (χ1) is 14.6. The van der Waals surface area contributed by atoms with Crippen LogP contribution in [0, 0.1) is 6.92 Å². The highest BCUT2D eigenvalue weighted by atomic mass is 16.7. The number of rotatable bonds is 5. The molecule has 152 valence electrons. The minimum absolute atomic E-state index is 0.124. The van der Waals surface area contributed by atoms with E-state index in [-0.39, 0.29) is 6.79 Å². The zero-order chi connectivity index (χ0) is 20.9. The van der Waals surface area contributed by atoms with Crippen molar-refractivity contribution in [2.24, 2.45) is 0 Å². The van der Waals surface area contributed by atoms with Gasteiger partial charge < -0.3 is 14.2 Å². The molecule has 1 aliphatic heterocycles. The highest BCUT2D eigenvalue weighted by Gasteiger charge is 2.17. The van der Waals surface area contributed by atoms with E-state index in [0.29, 0.717) is 35.0 Å². The van der Waals surface area contributed by atoms with E-state index in [9.17, 15) is 9.59 Å². The molecular weight excluding hydrogens is 384 g/mol. The van der Waals surface area contributed by atoms with E-state index < -0.39 is 11.8 Å². The third-order valence-electron chi connectivity index (χ3n) is 4.51. The predicted molar refractivity (Wildman–Crippen MR) is 109 cm³/mol. The fraction of sp³-hybridized carbons (Fsp3) is 0.130. The average molecular weight is 404 g/mol. The smallest absolute Gasteiger partial charge is 0.269 e. The topological polar surface area (TPSA) is 85.9 Å². The summed E-state index contributed by atoms with van der Waals surface area (Å²) in [6, 6.07) is 19.6. The van der Waals surface area contributed by atoms with Crippen LogP contribution >= 0.6 is 0 Å². The second-order valence-corrected chi connectivity index (χ2v) is 6.78. The van der Waals surface area contributed by atoms with E-state index in [1.54, 1.807) is 42.5 Å². The lowest BCUT2D eigenvalue weighted by atomic mass is 10.1. The second kappa shape index (κ2) is 8.57. The Hall–Kier alpha value is -4.00. The van der Waals surface area contributed by atoms with Gasteiger partial charge in [0, 0.05) is 11.1 Å². The van der Waals surface area contributed by atoms with Gasteiger partial charge >= 0.3 is 0 Å². The number of hydrogen-bond donors (Lipinski definition) is 2. The Morgan fingerprint density at radius 1 is 0.867 bits per heavy atom. The first-order valence-electron chi connectivity index (χ1n) is 9.37. The summed E-state index contributed by atoms with van der Waals surface area (Å²) in [6.07, 6.45) is 0. The molecule has 0 fully saturated rings. The summed E-state index contributed by atoms with van der Waals surface area (Å²) < 4.78 is 16.3. The van der Waals surface area contributed by atoms with Crippen LogP contribution in [0.1, 0.15) is 31.8 Å². The Bertz CT molecular complexity index is 1100. The summed E-state index contributed by atoms with van der Waals surface area (Å²) in [7, 11) is 0. The molecule has 30 heavy (non-hydrogen) atoms. The van der Waals surface area contributed by atoms with Gasteiger partial charge in [0.15, 0.2) is 11.5 Å². The number of ether oxygens (including phenoxy) is 3. The van der Waals surface area contributed by atoms with Gasteiger partial charge in [-0.25, -0.2) is 0 Å². The minimum Gasteiger partial charge on any atom is -0.489 e. The van der Waals surface area contributed by atoms with Crippen molar-refractivity contribution >= 4 is 11.8 Å². The fourth-order valence-corrected chi connectivity index (χ4v) is 2.99. The molecular formula is C23H20N2O5. The number of carbonyl (C=O) groups is 2. The third kappa shape index (κ3) is 4.52. The number of carbonyl (C=O) groups excluding carboxylic acids is 2. The molecule has 0 unspecified atom stereocenters. The molecule has 2 amide bonds. The molecule has 3 aromatic rings. The minimum atomic E-state index is -0.464. The maximum absolute atomic E-state index is 12.4. The van der Waals surface area contributed by atoms with Crippen LogP contribution in [0.25, 0.3) is 0 Å². The maximum Gasteiger partial charge on any atom is 0.269 e. The van der Waals surface area contributed by atoms with Gasteiger partial charge in [0.05, 0.1) is 0 Å². The number of aryl methyl sites for hydroxylation is 1. The molecule has 0 aliphatic carbocycles. The quantitative estimate of drug-likeness (QED) is 0.637. The van der Waals surface area contributed by atoms with Gasteiger partial charge in [0.2, 0.25) is 6.79 Å². The van der Waals surface area contributed by atoms with Gasteiger partial charge in [-0.2, -0.15) is 0 Å². The molecule has 0 bridgehead atoms. The Morgan fingerprint density at radius 2 is 1.60 bits per heavy atom. The van der Waals surface area contributed by atoms with Crippen molar-refractivity contribution < 1.29 is 23.8 Å². The molecule has 4 rings (SSSR count). The summed E-state index contributed by atoms with van der Waals surface area (Å²) in [5, 5.41) is 0. The summed E-state index contributed by atoms with van der Waals surface area (Å²) in [5.41, 5.74) is 7.71. The molecule has 0 saturated heterocycles. The van der Waals surface area contributed by atoms with E-state index in [1.165, 1.54) is 0 Å². The van der Waals surface area contributed by atoms with Crippen LogP contribution in [-0.2, 0) is 6.61 Å². The molecule has 0 saturated carbocycles. The van der Waals surface area contributed by atoms with Crippen molar-refractivity contribution in [3.05, 3.63) is 89.0 Å². The largest absolute Gasteiger partial charge is 0.489 e. The molecule has 1 aliphatic rings. The van der Waals surface area contributed by atoms with Crippen molar-refractivity contribution in [2.75, 3.05) is 6.79 Å². The van der Waals surface area contributed by atoms with Gasteiger partial charge in [0.1, 0.15) is 12.4 Å². The molecule has 1 heterocycles. The monoisotopic (exact) mass is 404 g/mol. The zero-order valence-corrected chi connectivity index (χ0v) is 16.3. The van der Waals surface area contributed by atoms with Crippen LogP contribution in [-0.4, -0.2) is 18.6 Å². The molecule has 2 N–H and O–H groups in total. The predicted octanol–water partition coefficient (Wildman–Crippen LogP) is 3.38. The summed E-state index contributed by atoms with van der Waals surface area (Å²) in [5.74, 6) is 0.718. The van der Waals surface area contributed by atoms with Crippen molar-refractivity contribution in [3.8, 4) is 17.2 Å². The molecule has 7 heteroatoms. The maximum atomic E-state index is 12.4. The highest BCUT2D eigenvalue weighted by molar-refractivity contribution is 5.99. The summed E-state index contributed by atoms with van der Waals surface area (Å²) >= 11 is 0. The first-order valence-corrected chi connectivity index (χ1v) is 9.37. The van der Waals surface area contributed by atoms with Crippen molar-refractivity contribution in [3.63, 3.8) is 0 Å². The van der Waals surface area contributed by atoms with Gasteiger partial charge in [-0.05, 0) is 48.9 Å². The normalized spacial score (nSPS) is 11.6. The highest BCUT2D eigenvalue weighted by Crippen LogP contribution is 2.32. The van der Waals surface area contributed by atoms with E-state index in [1.807, 2.05) is 31.2 Å². The van der Waals surface area contributed by atoms with Crippen molar-refractivity contribution in [1.29, 1.82) is 0 Å². The molecule has 0 spiro atoms. The summed E-state index contributed by atoms with van der Waals surface area (Å²) in [4.78, 5) is 24.7. The molecule has 3 aromatic carbocycles. The lowest BCUT2D eigenvalue weighted by Gasteiger charge is -2.10. The van der Waals surface area contributed by atoms with E-state index in [0.717, 1.165) is 11.1 Å². The van der Waals surface area contributed by atoms with E-state index in [4.69, 9.17) is 14.2 Å². The number of hydrogen-bond acceptors (Lipinski definition) is 5. The Morgan fingerprint density at radius 3 is 2.40 bits per heavy atom. The SMILES string of the molecule is Cc1cccc(COc2cccc(C(=O)NNC(=O)c3ccc4c(c3)OCO4)c2)c1.